The second kappa shape index (κ2) is 11.0. The molecule has 3 rings (SSSR count). The molecule has 0 fully saturated rings. The van der Waals surface area contributed by atoms with Gasteiger partial charge in [-0.25, -0.2) is 4.79 Å². The molecule has 0 saturated carbocycles. The SMILES string of the molecule is CCCCCCCCOc1cc(C(C)OC(C)(C)C)cc2c(=O)c3cc(C(=O)O)ccc3oc12. The van der Waals surface area contributed by atoms with E-state index in [0.717, 1.165) is 18.4 Å². The predicted molar refractivity (Wildman–Crippen MR) is 135 cm³/mol. The van der Waals surface area contributed by atoms with Gasteiger partial charge < -0.3 is 19.0 Å². The Morgan fingerprint density at radius 1 is 1.03 bits per heavy atom. The maximum atomic E-state index is 13.4. The van der Waals surface area contributed by atoms with E-state index >= 15 is 0 Å². The van der Waals surface area contributed by atoms with Gasteiger partial charge in [-0.3, -0.25) is 4.79 Å². The van der Waals surface area contributed by atoms with E-state index in [2.05, 4.69) is 6.92 Å². The predicted octanol–water partition coefficient (Wildman–Crippen LogP) is 7.26. The van der Waals surface area contributed by atoms with Gasteiger partial charge in [-0.05, 0) is 70.0 Å². The van der Waals surface area contributed by atoms with Crippen LogP contribution in [0.2, 0.25) is 0 Å². The Morgan fingerprint density at radius 3 is 2.41 bits per heavy atom. The zero-order chi connectivity index (χ0) is 24.9. The minimum absolute atomic E-state index is 0.0410. The lowest BCUT2D eigenvalue weighted by Crippen LogP contribution is -2.21. The van der Waals surface area contributed by atoms with Crippen molar-refractivity contribution >= 4 is 27.9 Å². The van der Waals surface area contributed by atoms with Crippen LogP contribution in [-0.2, 0) is 4.74 Å². The number of carbonyl (C=O) groups is 1. The van der Waals surface area contributed by atoms with Gasteiger partial charge in [0.25, 0.3) is 0 Å². The zero-order valence-corrected chi connectivity index (χ0v) is 20.9. The minimum atomic E-state index is -1.09. The van der Waals surface area contributed by atoms with Crippen molar-refractivity contribution in [2.24, 2.45) is 0 Å². The average molecular weight is 469 g/mol. The van der Waals surface area contributed by atoms with E-state index in [1.807, 2.05) is 33.8 Å². The Morgan fingerprint density at radius 2 is 1.74 bits per heavy atom. The van der Waals surface area contributed by atoms with Crippen LogP contribution in [0.15, 0.2) is 39.5 Å². The Hall–Kier alpha value is -2.86. The summed E-state index contributed by atoms with van der Waals surface area (Å²) in [6.07, 6.45) is 6.61. The molecule has 1 aromatic heterocycles. The van der Waals surface area contributed by atoms with E-state index in [-0.39, 0.29) is 28.1 Å². The van der Waals surface area contributed by atoms with Crippen molar-refractivity contribution < 1.29 is 23.8 Å². The van der Waals surface area contributed by atoms with Crippen LogP contribution in [0.5, 0.6) is 5.75 Å². The summed E-state index contributed by atoms with van der Waals surface area (Å²) in [5, 5.41) is 9.93. The summed E-state index contributed by atoms with van der Waals surface area (Å²) >= 11 is 0. The standard InChI is InChI=1S/C28H36O6/c1-6-7-8-9-10-11-14-32-24-17-20(18(2)34-28(3,4)5)16-22-25(29)21-15-19(27(30)31)12-13-23(21)33-26(22)24/h12-13,15-18H,6-11,14H2,1-5H3,(H,30,31). The van der Waals surface area contributed by atoms with Crippen molar-refractivity contribution in [1.82, 2.24) is 0 Å². The molecule has 0 aliphatic carbocycles. The molecule has 6 heteroatoms. The van der Waals surface area contributed by atoms with E-state index in [1.54, 1.807) is 6.07 Å². The number of ether oxygens (including phenoxy) is 2. The van der Waals surface area contributed by atoms with E-state index < -0.39 is 5.97 Å². The topological polar surface area (TPSA) is 86.0 Å². The molecule has 34 heavy (non-hydrogen) atoms. The van der Waals surface area contributed by atoms with E-state index in [9.17, 15) is 14.7 Å². The Balaban J connectivity index is 2.02. The Kier molecular flexibility index (Phi) is 8.37. The first kappa shape index (κ1) is 25.8. The highest BCUT2D eigenvalue weighted by atomic mass is 16.5. The van der Waals surface area contributed by atoms with Crippen LogP contribution >= 0.6 is 0 Å². The van der Waals surface area contributed by atoms with Crippen molar-refractivity contribution in [1.29, 1.82) is 0 Å². The molecule has 0 saturated heterocycles. The summed E-state index contributed by atoms with van der Waals surface area (Å²) in [7, 11) is 0. The summed E-state index contributed by atoms with van der Waals surface area (Å²) in [4.78, 5) is 24.8. The third-order valence-corrected chi connectivity index (χ3v) is 5.76. The van der Waals surface area contributed by atoms with E-state index in [0.29, 0.717) is 28.9 Å². The van der Waals surface area contributed by atoms with Crippen LogP contribution in [0, 0.1) is 0 Å². The van der Waals surface area contributed by atoms with Gasteiger partial charge in [0.15, 0.2) is 11.3 Å². The molecule has 0 amide bonds. The average Bonchev–Trinajstić information content (AvgIpc) is 2.77. The maximum absolute atomic E-state index is 13.4. The Labute approximate surface area is 200 Å². The van der Waals surface area contributed by atoms with Gasteiger partial charge in [-0.15, -0.1) is 0 Å². The third kappa shape index (κ3) is 6.38. The summed E-state index contributed by atoms with van der Waals surface area (Å²) < 4.78 is 18.3. The molecule has 1 heterocycles. The molecule has 0 spiro atoms. The van der Waals surface area contributed by atoms with Gasteiger partial charge in [0.1, 0.15) is 5.58 Å². The molecule has 184 valence electrons. The molecule has 0 radical (unpaired) electrons. The second-order valence-electron chi connectivity index (χ2n) is 9.83. The molecule has 0 aliphatic heterocycles. The van der Waals surface area contributed by atoms with Gasteiger partial charge in [-0.1, -0.05) is 39.0 Å². The lowest BCUT2D eigenvalue weighted by Gasteiger charge is -2.26. The minimum Gasteiger partial charge on any atom is -0.490 e. The Bertz CT molecular complexity index is 1200. The molecular weight excluding hydrogens is 432 g/mol. The molecular formula is C28H36O6. The lowest BCUT2D eigenvalue weighted by molar-refractivity contribution is -0.0530. The zero-order valence-electron chi connectivity index (χ0n) is 20.9. The van der Waals surface area contributed by atoms with Gasteiger partial charge in [-0.2, -0.15) is 0 Å². The number of carboxylic acids is 1. The monoisotopic (exact) mass is 468 g/mol. The van der Waals surface area contributed by atoms with Crippen LogP contribution in [0.3, 0.4) is 0 Å². The molecule has 0 bridgehead atoms. The lowest BCUT2D eigenvalue weighted by atomic mass is 10.0. The fraction of sp³-hybridized carbons (Fsp3) is 0.500. The molecule has 2 aromatic carbocycles. The second-order valence-corrected chi connectivity index (χ2v) is 9.83. The number of rotatable bonds is 11. The van der Waals surface area contributed by atoms with Crippen LogP contribution in [0.25, 0.3) is 21.9 Å². The van der Waals surface area contributed by atoms with Crippen molar-refractivity contribution in [2.75, 3.05) is 6.61 Å². The number of hydrogen-bond donors (Lipinski definition) is 1. The van der Waals surface area contributed by atoms with Crippen LogP contribution in [0.1, 0.15) is 95.2 Å². The summed E-state index contributed by atoms with van der Waals surface area (Å²) in [6.45, 7) is 10.6. The fourth-order valence-corrected chi connectivity index (χ4v) is 4.09. The first-order valence-electron chi connectivity index (χ1n) is 12.2. The first-order valence-corrected chi connectivity index (χ1v) is 12.2. The van der Waals surface area contributed by atoms with Crippen molar-refractivity contribution in [2.45, 2.75) is 84.8 Å². The number of hydrogen-bond acceptors (Lipinski definition) is 5. The van der Waals surface area contributed by atoms with Gasteiger partial charge in [0.05, 0.1) is 34.6 Å². The number of carboxylic acid groups (broad SMARTS) is 1. The van der Waals surface area contributed by atoms with Crippen LogP contribution in [-0.4, -0.2) is 23.3 Å². The largest absolute Gasteiger partial charge is 0.490 e. The third-order valence-electron chi connectivity index (χ3n) is 5.76. The van der Waals surface area contributed by atoms with Crippen LogP contribution < -0.4 is 10.2 Å². The van der Waals surface area contributed by atoms with E-state index in [4.69, 9.17) is 13.9 Å². The number of fused-ring (bicyclic) bond motifs is 2. The highest BCUT2D eigenvalue weighted by Crippen LogP contribution is 2.34. The number of unbranched alkanes of at least 4 members (excludes halogenated alkanes) is 5. The van der Waals surface area contributed by atoms with Gasteiger partial charge in [0, 0.05) is 0 Å². The molecule has 1 atom stereocenters. The van der Waals surface area contributed by atoms with Crippen LogP contribution in [0.4, 0.5) is 0 Å². The number of benzene rings is 2. The van der Waals surface area contributed by atoms with Crippen molar-refractivity contribution in [3.63, 3.8) is 0 Å². The quantitative estimate of drug-likeness (QED) is 0.235. The summed E-state index contributed by atoms with van der Waals surface area (Å²) in [5.74, 6) is -0.586. The maximum Gasteiger partial charge on any atom is 0.335 e. The van der Waals surface area contributed by atoms with E-state index in [1.165, 1.54) is 43.9 Å². The van der Waals surface area contributed by atoms with Crippen molar-refractivity contribution in [3.05, 3.63) is 51.7 Å². The summed E-state index contributed by atoms with van der Waals surface area (Å²) in [6, 6.07) is 7.97. The van der Waals surface area contributed by atoms with Gasteiger partial charge >= 0.3 is 5.97 Å². The van der Waals surface area contributed by atoms with Gasteiger partial charge in [0.2, 0.25) is 5.43 Å². The first-order chi connectivity index (χ1) is 16.1. The molecule has 1 N–H and O–H groups in total. The molecule has 6 nitrogen and oxygen atoms in total. The smallest absolute Gasteiger partial charge is 0.335 e. The number of aromatic carboxylic acids is 1. The summed E-state index contributed by atoms with van der Waals surface area (Å²) in [5.41, 5.74) is 0.907. The highest BCUT2D eigenvalue weighted by molar-refractivity contribution is 5.97. The molecule has 1 unspecified atom stereocenters. The molecule has 3 aromatic rings. The fourth-order valence-electron chi connectivity index (χ4n) is 4.09. The van der Waals surface area contributed by atoms with Crippen molar-refractivity contribution in [3.8, 4) is 5.75 Å². The normalized spacial score (nSPS) is 12.9. The molecule has 0 aliphatic rings. The highest BCUT2D eigenvalue weighted by Gasteiger charge is 2.21.